The van der Waals surface area contributed by atoms with E-state index < -0.39 is 6.10 Å². The summed E-state index contributed by atoms with van der Waals surface area (Å²) in [5.41, 5.74) is 1.79. The van der Waals surface area contributed by atoms with Crippen LogP contribution in [0.2, 0.25) is 0 Å². The van der Waals surface area contributed by atoms with Gasteiger partial charge in [0.25, 0.3) is 5.91 Å². The van der Waals surface area contributed by atoms with Gasteiger partial charge in [-0.05, 0) is 66.6 Å². The Morgan fingerprint density at radius 1 is 1.10 bits per heavy atom. The van der Waals surface area contributed by atoms with E-state index in [1.165, 1.54) is 6.33 Å². The third kappa shape index (κ3) is 4.30. The van der Waals surface area contributed by atoms with Crippen LogP contribution in [0.25, 0.3) is 5.69 Å². The number of amides is 1. The summed E-state index contributed by atoms with van der Waals surface area (Å²) in [5.74, 6) is 1.99. The Labute approximate surface area is 180 Å². The topological polar surface area (TPSA) is 91.6 Å². The van der Waals surface area contributed by atoms with Crippen molar-refractivity contribution in [3.8, 4) is 22.9 Å². The molecule has 0 radical (unpaired) electrons. The molecule has 1 saturated heterocycles. The van der Waals surface area contributed by atoms with Crippen LogP contribution in [0.5, 0.6) is 17.2 Å². The SMILES string of the molecule is COc1ccc(C2CCCN2C(=O)C(C)Oc2ccc(-n3cnnn3)cc2)c(OC)c1. The van der Waals surface area contributed by atoms with E-state index in [1.807, 2.05) is 35.2 Å². The van der Waals surface area contributed by atoms with Gasteiger partial charge >= 0.3 is 0 Å². The van der Waals surface area contributed by atoms with Crippen molar-refractivity contribution in [2.24, 2.45) is 0 Å². The van der Waals surface area contributed by atoms with Gasteiger partial charge in [-0.15, -0.1) is 5.10 Å². The Kier molecular flexibility index (Phi) is 6.01. The molecule has 1 aromatic heterocycles. The summed E-state index contributed by atoms with van der Waals surface area (Å²) in [6, 6.07) is 12.9. The molecule has 0 saturated carbocycles. The summed E-state index contributed by atoms with van der Waals surface area (Å²) in [4.78, 5) is 15.1. The van der Waals surface area contributed by atoms with Gasteiger partial charge in [-0.3, -0.25) is 4.79 Å². The summed E-state index contributed by atoms with van der Waals surface area (Å²) in [6.45, 7) is 2.46. The van der Waals surface area contributed by atoms with Gasteiger partial charge in [-0.1, -0.05) is 0 Å². The minimum absolute atomic E-state index is 0.0510. The molecule has 1 aliphatic rings. The molecular weight excluding hydrogens is 398 g/mol. The monoisotopic (exact) mass is 423 g/mol. The highest BCUT2D eigenvalue weighted by molar-refractivity contribution is 5.81. The van der Waals surface area contributed by atoms with Crippen molar-refractivity contribution in [1.82, 2.24) is 25.1 Å². The number of likely N-dealkylation sites (tertiary alicyclic amines) is 1. The number of tetrazole rings is 1. The first-order valence-corrected chi connectivity index (χ1v) is 10.1. The fourth-order valence-corrected chi connectivity index (χ4v) is 3.89. The molecular formula is C22H25N5O4. The van der Waals surface area contributed by atoms with E-state index in [1.54, 1.807) is 38.0 Å². The lowest BCUT2D eigenvalue weighted by Crippen LogP contribution is -2.40. The molecule has 0 aliphatic carbocycles. The summed E-state index contributed by atoms with van der Waals surface area (Å²) < 4.78 is 18.3. The zero-order valence-electron chi connectivity index (χ0n) is 17.8. The predicted molar refractivity (Wildman–Crippen MR) is 112 cm³/mol. The fraction of sp³-hybridized carbons (Fsp3) is 0.364. The van der Waals surface area contributed by atoms with Crippen LogP contribution in [0.4, 0.5) is 0 Å². The lowest BCUT2D eigenvalue weighted by molar-refractivity contribution is -0.138. The smallest absolute Gasteiger partial charge is 0.263 e. The molecule has 1 aliphatic heterocycles. The second kappa shape index (κ2) is 9.03. The van der Waals surface area contributed by atoms with E-state index in [0.717, 1.165) is 35.6 Å². The van der Waals surface area contributed by atoms with E-state index in [9.17, 15) is 4.79 Å². The first kappa shape index (κ1) is 20.6. The van der Waals surface area contributed by atoms with Gasteiger partial charge < -0.3 is 19.1 Å². The molecule has 9 nitrogen and oxygen atoms in total. The zero-order chi connectivity index (χ0) is 21.8. The molecule has 0 spiro atoms. The molecule has 162 valence electrons. The van der Waals surface area contributed by atoms with Crippen LogP contribution < -0.4 is 14.2 Å². The number of ether oxygens (including phenoxy) is 3. The van der Waals surface area contributed by atoms with Gasteiger partial charge in [0.05, 0.1) is 25.9 Å². The van der Waals surface area contributed by atoms with Crippen LogP contribution in [0.15, 0.2) is 48.8 Å². The van der Waals surface area contributed by atoms with Crippen LogP contribution >= 0.6 is 0 Å². The minimum Gasteiger partial charge on any atom is -0.497 e. The van der Waals surface area contributed by atoms with E-state index in [0.29, 0.717) is 12.3 Å². The molecule has 2 aromatic carbocycles. The Balaban J connectivity index is 1.47. The highest BCUT2D eigenvalue weighted by Gasteiger charge is 2.34. The Bertz CT molecular complexity index is 1020. The van der Waals surface area contributed by atoms with Crippen molar-refractivity contribution in [3.05, 3.63) is 54.4 Å². The highest BCUT2D eigenvalue weighted by Crippen LogP contribution is 2.39. The van der Waals surface area contributed by atoms with E-state index in [2.05, 4.69) is 15.5 Å². The van der Waals surface area contributed by atoms with Gasteiger partial charge in [0.1, 0.15) is 23.6 Å². The number of aromatic nitrogens is 4. The lowest BCUT2D eigenvalue weighted by atomic mass is 10.0. The van der Waals surface area contributed by atoms with E-state index in [-0.39, 0.29) is 11.9 Å². The van der Waals surface area contributed by atoms with Gasteiger partial charge in [0.15, 0.2) is 6.10 Å². The van der Waals surface area contributed by atoms with Crippen LogP contribution in [0.3, 0.4) is 0 Å². The second-order valence-corrected chi connectivity index (χ2v) is 7.31. The Hall–Kier alpha value is -3.62. The third-order valence-corrected chi connectivity index (χ3v) is 5.45. The molecule has 2 atom stereocenters. The first-order chi connectivity index (χ1) is 15.1. The van der Waals surface area contributed by atoms with Crippen molar-refractivity contribution < 1.29 is 19.0 Å². The maximum Gasteiger partial charge on any atom is 0.263 e. The average Bonchev–Trinajstić information content (AvgIpc) is 3.51. The molecule has 0 N–H and O–H groups in total. The Morgan fingerprint density at radius 2 is 1.87 bits per heavy atom. The maximum atomic E-state index is 13.2. The molecule has 0 bridgehead atoms. The van der Waals surface area contributed by atoms with Gasteiger partial charge in [0.2, 0.25) is 0 Å². The predicted octanol–water partition coefficient (Wildman–Crippen LogP) is 2.81. The summed E-state index contributed by atoms with van der Waals surface area (Å²) >= 11 is 0. The average molecular weight is 423 g/mol. The molecule has 1 amide bonds. The number of carbonyl (C=O) groups is 1. The number of benzene rings is 2. The standard InChI is InChI=1S/C22H25N5O4/c1-15(31-17-8-6-16(7-9-17)27-14-23-24-25-27)22(28)26-12-4-5-20(26)19-11-10-18(29-2)13-21(19)30-3/h6-11,13-15,20H,4-5,12H2,1-3H3. The quantitative estimate of drug-likeness (QED) is 0.577. The molecule has 2 unspecified atom stereocenters. The molecule has 9 heteroatoms. The van der Waals surface area contributed by atoms with Gasteiger partial charge in [-0.25, -0.2) is 4.68 Å². The summed E-state index contributed by atoms with van der Waals surface area (Å²) in [7, 11) is 3.25. The number of methoxy groups -OCH3 is 2. The van der Waals surface area contributed by atoms with Crippen LogP contribution in [0.1, 0.15) is 31.4 Å². The second-order valence-electron chi connectivity index (χ2n) is 7.31. The lowest BCUT2D eigenvalue weighted by Gasteiger charge is -2.29. The minimum atomic E-state index is -0.622. The highest BCUT2D eigenvalue weighted by atomic mass is 16.5. The van der Waals surface area contributed by atoms with Crippen molar-refractivity contribution >= 4 is 5.91 Å². The third-order valence-electron chi connectivity index (χ3n) is 5.45. The normalized spacial score (nSPS) is 16.7. The largest absolute Gasteiger partial charge is 0.497 e. The van der Waals surface area contributed by atoms with E-state index in [4.69, 9.17) is 14.2 Å². The van der Waals surface area contributed by atoms with Crippen LogP contribution in [-0.4, -0.2) is 57.9 Å². The zero-order valence-corrected chi connectivity index (χ0v) is 17.8. The summed E-state index contributed by atoms with van der Waals surface area (Å²) in [6.07, 6.45) is 2.70. The maximum absolute atomic E-state index is 13.2. The van der Waals surface area contributed by atoms with Gasteiger partial charge in [-0.2, -0.15) is 0 Å². The molecule has 1 fully saturated rings. The number of rotatable bonds is 7. The number of hydrogen-bond acceptors (Lipinski definition) is 7. The van der Waals surface area contributed by atoms with Gasteiger partial charge in [0, 0.05) is 18.2 Å². The molecule has 2 heterocycles. The van der Waals surface area contributed by atoms with Crippen molar-refractivity contribution in [3.63, 3.8) is 0 Å². The molecule has 4 rings (SSSR count). The number of hydrogen-bond donors (Lipinski definition) is 0. The van der Waals surface area contributed by atoms with Crippen molar-refractivity contribution in [1.29, 1.82) is 0 Å². The molecule has 31 heavy (non-hydrogen) atoms. The Morgan fingerprint density at radius 3 is 2.55 bits per heavy atom. The van der Waals surface area contributed by atoms with E-state index >= 15 is 0 Å². The fourth-order valence-electron chi connectivity index (χ4n) is 3.89. The molecule has 3 aromatic rings. The number of carbonyl (C=O) groups excluding carboxylic acids is 1. The van der Waals surface area contributed by atoms with Crippen molar-refractivity contribution in [2.45, 2.75) is 31.9 Å². The van der Waals surface area contributed by atoms with Crippen molar-refractivity contribution in [2.75, 3.05) is 20.8 Å². The van der Waals surface area contributed by atoms with Crippen LogP contribution in [0, 0.1) is 0 Å². The van der Waals surface area contributed by atoms with Crippen LogP contribution in [-0.2, 0) is 4.79 Å². The first-order valence-electron chi connectivity index (χ1n) is 10.1. The summed E-state index contributed by atoms with van der Waals surface area (Å²) in [5, 5.41) is 11.1. The number of nitrogens with zero attached hydrogens (tertiary/aromatic N) is 5.